The average Bonchev–Trinajstić information content (AvgIpc) is 3.19. The molecule has 0 radical (unpaired) electrons. The highest BCUT2D eigenvalue weighted by Gasteiger charge is 2.40. The van der Waals surface area contributed by atoms with Crippen LogP contribution in [0.4, 0.5) is 4.79 Å². The zero-order valence-electron chi connectivity index (χ0n) is 13.9. The van der Waals surface area contributed by atoms with Crippen molar-refractivity contribution in [2.24, 2.45) is 0 Å². The third kappa shape index (κ3) is 3.39. The number of urea groups is 1. The van der Waals surface area contributed by atoms with Crippen LogP contribution < -0.4 is 5.32 Å². The first-order valence-electron chi connectivity index (χ1n) is 8.01. The lowest BCUT2D eigenvalue weighted by Crippen LogP contribution is -2.50. The molecule has 2 fully saturated rings. The van der Waals surface area contributed by atoms with E-state index in [1.54, 1.807) is 17.9 Å². The second kappa shape index (κ2) is 6.82. The predicted molar refractivity (Wildman–Crippen MR) is 82.5 cm³/mol. The number of carbonyl (C=O) groups is 2. The Morgan fingerprint density at radius 3 is 2.58 bits per heavy atom. The number of nitrogens with zero attached hydrogens (tertiary/aromatic N) is 1. The van der Waals surface area contributed by atoms with E-state index in [-0.39, 0.29) is 12.6 Å². The van der Waals surface area contributed by atoms with Crippen LogP contribution in [0, 0.1) is 6.92 Å². The van der Waals surface area contributed by atoms with Crippen LogP contribution in [0.5, 0.6) is 0 Å². The van der Waals surface area contributed by atoms with Gasteiger partial charge in [-0.3, -0.25) is 0 Å². The van der Waals surface area contributed by atoms with Crippen molar-refractivity contribution in [1.82, 2.24) is 10.2 Å². The summed E-state index contributed by atoms with van der Waals surface area (Å²) in [6.07, 6.45) is 1.35. The molecule has 0 saturated carbocycles. The molecule has 8 heteroatoms. The molecule has 3 rings (SSSR count). The summed E-state index contributed by atoms with van der Waals surface area (Å²) in [5, 5.41) is 2.80. The molecule has 2 amide bonds. The maximum Gasteiger partial charge on any atom is 0.341 e. The molecule has 1 N–H and O–H groups in total. The van der Waals surface area contributed by atoms with Crippen LogP contribution in [0.25, 0.3) is 0 Å². The maximum atomic E-state index is 12.3. The van der Waals surface area contributed by atoms with Crippen LogP contribution in [0.2, 0.25) is 0 Å². The second-order valence-electron chi connectivity index (χ2n) is 5.93. The van der Waals surface area contributed by atoms with E-state index < -0.39 is 11.8 Å². The monoisotopic (exact) mass is 338 g/mol. The minimum Gasteiger partial charge on any atom is -0.465 e. The Kier molecular flexibility index (Phi) is 4.77. The van der Waals surface area contributed by atoms with E-state index in [4.69, 9.17) is 13.9 Å². The van der Waals surface area contributed by atoms with Gasteiger partial charge in [-0.15, -0.1) is 0 Å². The lowest BCUT2D eigenvalue weighted by molar-refractivity contribution is -0.181. The van der Waals surface area contributed by atoms with Crippen molar-refractivity contribution < 1.29 is 28.2 Å². The number of likely N-dealkylation sites (tertiary alicyclic amines) is 1. The van der Waals surface area contributed by atoms with Crippen molar-refractivity contribution in [3.63, 3.8) is 0 Å². The number of carbonyl (C=O) groups excluding carboxylic acids is 2. The van der Waals surface area contributed by atoms with Gasteiger partial charge in [-0.05, 0) is 13.0 Å². The fraction of sp³-hybridized carbons (Fsp3) is 0.625. The first-order valence-corrected chi connectivity index (χ1v) is 8.01. The molecule has 0 bridgehead atoms. The second-order valence-corrected chi connectivity index (χ2v) is 5.93. The molecule has 1 spiro atoms. The molecule has 0 atom stereocenters. The van der Waals surface area contributed by atoms with Crippen molar-refractivity contribution in [3.05, 3.63) is 23.2 Å². The van der Waals surface area contributed by atoms with Gasteiger partial charge in [0, 0.05) is 25.9 Å². The molecular weight excluding hydrogens is 316 g/mol. The van der Waals surface area contributed by atoms with Crippen molar-refractivity contribution in [3.8, 4) is 0 Å². The van der Waals surface area contributed by atoms with Gasteiger partial charge in [-0.25, -0.2) is 9.59 Å². The van der Waals surface area contributed by atoms with Crippen LogP contribution >= 0.6 is 0 Å². The summed E-state index contributed by atoms with van der Waals surface area (Å²) >= 11 is 0. The van der Waals surface area contributed by atoms with Crippen molar-refractivity contribution in [2.75, 3.05) is 33.4 Å². The normalized spacial score (nSPS) is 19.5. The Morgan fingerprint density at radius 2 is 1.96 bits per heavy atom. The molecule has 2 saturated heterocycles. The molecule has 0 unspecified atom stereocenters. The fourth-order valence-corrected chi connectivity index (χ4v) is 3.05. The number of nitrogens with one attached hydrogen (secondary N) is 1. The largest absolute Gasteiger partial charge is 0.465 e. The molecule has 1 aromatic rings. The van der Waals surface area contributed by atoms with E-state index >= 15 is 0 Å². The number of ether oxygens (including phenoxy) is 3. The molecule has 0 aliphatic carbocycles. The number of piperidine rings is 1. The predicted octanol–water partition coefficient (Wildman–Crippen LogP) is 1.42. The topological polar surface area (TPSA) is 90.2 Å². The highest BCUT2D eigenvalue weighted by Crippen LogP contribution is 2.31. The number of aryl methyl sites for hydroxylation is 1. The van der Waals surface area contributed by atoms with Crippen LogP contribution in [0.1, 0.15) is 34.7 Å². The average molecular weight is 338 g/mol. The van der Waals surface area contributed by atoms with E-state index in [0.717, 1.165) is 0 Å². The van der Waals surface area contributed by atoms with E-state index in [1.165, 1.54) is 7.11 Å². The maximum absolute atomic E-state index is 12.3. The number of amides is 2. The summed E-state index contributed by atoms with van der Waals surface area (Å²) < 4.78 is 21.5. The number of hydrogen-bond donors (Lipinski definition) is 1. The third-order valence-corrected chi connectivity index (χ3v) is 4.41. The highest BCUT2D eigenvalue weighted by atomic mass is 16.7. The van der Waals surface area contributed by atoms with Crippen LogP contribution in [-0.2, 0) is 20.8 Å². The van der Waals surface area contributed by atoms with Crippen molar-refractivity contribution in [2.45, 2.75) is 32.1 Å². The molecule has 1 aromatic heterocycles. The zero-order valence-corrected chi connectivity index (χ0v) is 13.9. The van der Waals surface area contributed by atoms with Gasteiger partial charge in [0.05, 0.1) is 26.9 Å². The quantitative estimate of drug-likeness (QED) is 0.839. The van der Waals surface area contributed by atoms with Gasteiger partial charge in [0.15, 0.2) is 5.79 Å². The molecule has 2 aliphatic heterocycles. The number of furan rings is 1. The summed E-state index contributed by atoms with van der Waals surface area (Å²) in [5.41, 5.74) is 0.372. The van der Waals surface area contributed by atoms with Crippen LogP contribution in [0.15, 0.2) is 10.5 Å². The molecule has 24 heavy (non-hydrogen) atoms. The zero-order chi connectivity index (χ0) is 17.2. The minimum absolute atomic E-state index is 0.170. The van der Waals surface area contributed by atoms with Gasteiger partial charge >= 0.3 is 12.0 Å². The number of esters is 1. The lowest BCUT2D eigenvalue weighted by Gasteiger charge is -2.37. The van der Waals surface area contributed by atoms with Gasteiger partial charge in [-0.2, -0.15) is 0 Å². The van der Waals surface area contributed by atoms with Crippen molar-refractivity contribution in [1.29, 1.82) is 0 Å². The molecular formula is C16H22N2O6. The smallest absolute Gasteiger partial charge is 0.341 e. The first kappa shape index (κ1) is 16.8. The highest BCUT2D eigenvalue weighted by molar-refractivity contribution is 5.90. The van der Waals surface area contributed by atoms with E-state index in [1.807, 2.05) is 0 Å². The lowest BCUT2D eigenvalue weighted by atomic mass is 10.0. The summed E-state index contributed by atoms with van der Waals surface area (Å²) in [6.45, 7) is 4.29. The Balaban J connectivity index is 1.50. The Bertz CT molecular complexity index is 610. The SMILES string of the molecule is COC(=O)c1cc(CNC(=O)N2CCC3(CC2)OCCO3)oc1C. The van der Waals surface area contributed by atoms with Gasteiger partial charge < -0.3 is 28.8 Å². The summed E-state index contributed by atoms with van der Waals surface area (Å²) in [6, 6.07) is 1.42. The molecule has 132 valence electrons. The first-order chi connectivity index (χ1) is 11.5. The van der Waals surface area contributed by atoms with Gasteiger partial charge in [0.1, 0.15) is 17.1 Å². The van der Waals surface area contributed by atoms with Crippen LogP contribution in [-0.4, -0.2) is 56.1 Å². The number of hydrogen-bond acceptors (Lipinski definition) is 6. The Hall–Kier alpha value is -2.06. The minimum atomic E-state index is -0.496. The van der Waals surface area contributed by atoms with Gasteiger partial charge in [0.25, 0.3) is 0 Å². The fourth-order valence-electron chi connectivity index (χ4n) is 3.05. The standard InChI is InChI=1S/C16H22N2O6/c1-11-13(14(19)21-2)9-12(24-11)10-17-15(20)18-5-3-16(4-6-18)22-7-8-23-16/h9H,3-8,10H2,1-2H3,(H,17,20). The van der Waals surface area contributed by atoms with E-state index in [2.05, 4.69) is 10.1 Å². The summed E-state index contributed by atoms with van der Waals surface area (Å²) in [5.74, 6) is 0.0371. The molecule has 3 heterocycles. The van der Waals surface area contributed by atoms with E-state index in [9.17, 15) is 9.59 Å². The van der Waals surface area contributed by atoms with E-state index in [0.29, 0.717) is 56.2 Å². The number of rotatable bonds is 3. The van der Waals surface area contributed by atoms with Crippen molar-refractivity contribution >= 4 is 12.0 Å². The summed E-state index contributed by atoms with van der Waals surface area (Å²) in [7, 11) is 1.32. The number of methoxy groups -OCH3 is 1. The van der Waals surface area contributed by atoms with Gasteiger partial charge in [-0.1, -0.05) is 0 Å². The third-order valence-electron chi connectivity index (χ3n) is 4.41. The molecule has 0 aromatic carbocycles. The van der Waals surface area contributed by atoms with Crippen LogP contribution in [0.3, 0.4) is 0 Å². The summed E-state index contributed by atoms with van der Waals surface area (Å²) in [4.78, 5) is 25.5. The molecule has 8 nitrogen and oxygen atoms in total. The molecule has 2 aliphatic rings. The van der Waals surface area contributed by atoms with Gasteiger partial charge in [0.2, 0.25) is 0 Å². The Labute approximate surface area is 140 Å². The Morgan fingerprint density at radius 1 is 1.29 bits per heavy atom.